The molecule has 0 spiro atoms. The number of anilines is 1. The zero-order chi connectivity index (χ0) is 18.4. The largest absolute Gasteiger partial charge is 0.449 e. The molecule has 25 heavy (non-hydrogen) atoms. The van der Waals surface area contributed by atoms with Crippen LogP contribution < -0.4 is 5.32 Å². The van der Waals surface area contributed by atoms with Gasteiger partial charge in [-0.3, -0.25) is 9.00 Å². The molecule has 1 aromatic carbocycles. The number of hydrogen-bond donors (Lipinski definition) is 1. The van der Waals surface area contributed by atoms with Crippen LogP contribution in [-0.4, -0.2) is 32.9 Å². The Morgan fingerprint density at radius 1 is 1.28 bits per heavy atom. The topological polar surface area (TPSA) is 85.4 Å². The predicted octanol–water partition coefficient (Wildman–Crippen LogP) is 3.05. The Labute approximate surface area is 153 Å². The van der Waals surface area contributed by atoms with Gasteiger partial charge in [-0.2, -0.15) is 0 Å². The lowest BCUT2D eigenvalue weighted by atomic mass is 10.2. The minimum absolute atomic E-state index is 0.187. The number of ether oxygens (including phenoxy) is 1. The first-order chi connectivity index (χ1) is 11.9. The van der Waals surface area contributed by atoms with Gasteiger partial charge in [0.2, 0.25) is 0 Å². The van der Waals surface area contributed by atoms with Gasteiger partial charge in [0.15, 0.2) is 6.10 Å². The molecule has 0 unspecified atom stereocenters. The Morgan fingerprint density at radius 3 is 2.64 bits per heavy atom. The lowest BCUT2D eigenvalue weighted by molar-refractivity contribution is -0.123. The van der Waals surface area contributed by atoms with E-state index in [0.29, 0.717) is 21.5 Å². The molecule has 1 heterocycles. The molecule has 0 bridgehead atoms. The van der Waals surface area contributed by atoms with Crippen molar-refractivity contribution in [3.63, 3.8) is 0 Å². The maximum atomic E-state index is 12.3. The molecule has 2 rings (SSSR count). The van der Waals surface area contributed by atoms with Gasteiger partial charge < -0.3 is 10.1 Å². The van der Waals surface area contributed by atoms with Crippen LogP contribution in [0.2, 0.25) is 5.02 Å². The molecule has 8 heteroatoms. The van der Waals surface area contributed by atoms with Crippen LogP contribution in [0.3, 0.4) is 0 Å². The Bertz CT molecular complexity index is 795. The summed E-state index contributed by atoms with van der Waals surface area (Å²) in [5, 5.41) is 2.97. The SMILES string of the molecule is CC[S@](=O)c1ccccc1C(=O)O[C@@H](C)C(=O)Nc1ccc(Cl)cn1. The first-order valence-corrected chi connectivity index (χ1v) is 9.23. The standard InChI is InChI=1S/C17H17ClN2O4S/c1-3-25(23)14-7-5-4-6-13(14)17(22)24-11(2)16(21)20-15-9-8-12(18)10-19-15/h4-11H,3H2,1-2H3,(H,19,20,21)/t11-,25-/m0/s1. The van der Waals surface area contributed by atoms with Crippen LogP contribution in [0.15, 0.2) is 47.5 Å². The van der Waals surface area contributed by atoms with Crippen molar-refractivity contribution in [2.75, 3.05) is 11.1 Å². The monoisotopic (exact) mass is 380 g/mol. The third kappa shape index (κ3) is 5.11. The average Bonchev–Trinajstić information content (AvgIpc) is 2.62. The molecule has 132 valence electrons. The van der Waals surface area contributed by atoms with Crippen LogP contribution >= 0.6 is 11.6 Å². The summed E-state index contributed by atoms with van der Waals surface area (Å²) in [7, 11) is -1.31. The highest BCUT2D eigenvalue weighted by molar-refractivity contribution is 7.85. The van der Waals surface area contributed by atoms with E-state index in [2.05, 4.69) is 10.3 Å². The molecule has 6 nitrogen and oxygen atoms in total. The molecule has 2 atom stereocenters. The fourth-order valence-electron chi connectivity index (χ4n) is 1.94. The maximum absolute atomic E-state index is 12.3. The van der Waals surface area contributed by atoms with Crippen molar-refractivity contribution in [1.82, 2.24) is 4.98 Å². The van der Waals surface area contributed by atoms with E-state index >= 15 is 0 Å². The fourth-order valence-corrected chi connectivity index (χ4v) is 2.99. The van der Waals surface area contributed by atoms with E-state index in [1.807, 2.05) is 0 Å². The van der Waals surface area contributed by atoms with Crippen LogP contribution in [0.25, 0.3) is 0 Å². The molecule has 0 fully saturated rings. The smallest absolute Gasteiger partial charge is 0.340 e. The number of amides is 1. The summed E-state index contributed by atoms with van der Waals surface area (Å²) < 4.78 is 17.2. The zero-order valence-corrected chi connectivity index (χ0v) is 15.3. The molecule has 1 amide bonds. The molecule has 0 aliphatic carbocycles. The first kappa shape index (κ1) is 19.1. The van der Waals surface area contributed by atoms with E-state index < -0.39 is 28.8 Å². The first-order valence-electron chi connectivity index (χ1n) is 7.53. The van der Waals surface area contributed by atoms with Gasteiger partial charge in [-0.1, -0.05) is 30.7 Å². The lowest BCUT2D eigenvalue weighted by Gasteiger charge is -2.14. The number of pyridine rings is 1. The minimum atomic E-state index is -1.31. The molecule has 1 aromatic heterocycles. The molecular formula is C17H17ClN2O4S. The molecule has 0 saturated carbocycles. The van der Waals surface area contributed by atoms with E-state index in [9.17, 15) is 13.8 Å². The van der Waals surface area contributed by atoms with Crippen LogP contribution in [0, 0.1) is 0 Å². The molecule has 0 aliphatic rings. The van der Waals surface area contributed by atoms with Crippen molar-refractivity contribution < 1.29 is 18.5 Å². The number of halogens is 1. The number of carbonyl (C=O) groups excluding carboxylic acids is 2. The van der Waals surface area contributed by atoms with E-state index in [0.717, 1.165) is 0 Å². The normalized spacial score (nSPS) is 12.9. The molecular weight excluding hydrogens is 364 g/mol. The van der Waals surface area contributed by atoms with Gasteiger partial charge in [0, 0.05) is 11.9 Å². The summed E-state index contributed by atoms with van der Waals surface area (Å²) >= 11 is 5.73. The van der Waals surface area contributed by atoms with E-state index in [-0.39, 0.29) is 5.56 Å². The summed E-state index contributed by atoms with van der Waals surface area (Å²) in [5.41, 5.74) is 0.187. The summed E-state index contributed by atoms with van der Waals surface area (Å²) in [6.07, 6.45) is 0.345. The van der Waals surface area contributed by atoms with Crippen molar-refractivity contribution in [3.05, 3.63) is 53.2 Å². The van der Waals surface area contributed by atoms with Gasteiger partial charge in [0.25, 0.3) is 5.91 Å². The lowest BCUT2D eigenvalue weighted by Crippen LogP contribution is -2.30. The van der Waals surface area contributed by atoms with E-state index in [1.54, 1.807) is 31.2 Å². The quantitative estimate of drug-likeness (QED) is 0.778. The van der Waals surface area contributed by atoms with Gasteiger partial charge in [-0.15, -0.1) is 0 Å². The van der Waals surface area contributed by atoms with Crippen LogP contribution in [0.5, 0.6) is 0 Å². The van der Waals surface area contributed by atoms with Crippen molar-refractivity contribution in [2.24, 2.45) is 0 Å². The van der Waals surface area contributed by atoms with Crippen molar-refractivity contribution in [1.29, 1.82) is 0 Å². The average molecular weight is 381 g/mol. The number of nitrogens with zero attached hydrogens (tertiary/aromatic N) is 1. The molecule has 1 N–H and O–H groups in total. The highest BCUT2D eigenvalue weighted by atomic mass is 35.5. The van der Waals surface area contributed by atoms with Gasteiger partial charge >= 0.3 is 5.97 Å². The number of esters is 1. The highest BCUT2D eigenvalue weighted by Crippen LogP contribution is 2.16. The predicted molar refractivity (Wildman–Crippen MR) is 96.1 cm³/mol. The summed E-state index contributed by atoms with van der Waals surface area (Å²) in [6.45, 7) is 3.20. The Morgan fingerprint density at radius 2 is 2.00 bits per heavy atom. The third-order valence-electron chi connectivity index (χ3n) is 3.25. The van der Waals surface area contributed by atoms with Gasteiger partial charge in [-0.05, 0) is 31.2 Å². The van der Waals surface area contributed by atoms with Gasteiger partial charge in [0.05, 0.1) is 26.3 Å². The van der Waals surface area contributed by atoms with E-state index in [1.165, 1.54) is 25.3 Å². The summed E-state index contributed by atoms with van der Waals surface area (Å²) in [5.74, 6) is -0.561. The number of rotatable bonds is 6. The Hall–Kier alpha value is -2.25. The summed E-state index contributed by atoms with van der Waals surface area (Å²) in [4.78, 5) is 28.8. The van der Waals surface area contributed by atoms with Crippen molar-refractivity contribution >= 4 is 40.1 Å². The third-order valence-corrected chi connectivity index (χ3v) is 4.84. The highest BCUT2D eigenvalue weighted by Gasteiger charge is 2.22. The molecule has 2 aromatic rings. The number of carbonyl (C=O) groups is 2. The number of aromatic nitrogens is 1. The Kier molecular flexibility index (Phi) is 6.66. The number of benzene rings is 1. The molecule has 0 saturated heterocycles. The fraction of sp³-hybridized carbons (Fsp3) is 0.235. The van der Waals surface area contributed by atoms with Crippen LogP contribution in [0.4, 0.5) is 5.82 Å². The number of hydrogen-bond acceptors (Lipinski definition) is 5. The van der Waals surface area contributed by atoms with Crippen LogP contribution in [-0.2, 0) is 20.3 Å². The number of nitrogens with one attached hydrogen (secondary N) is 1. The molecule has 0 aliphatic heterocycles. The summed E-state index contributed by atoms with van der Waals surface area (Å²) in [6, 6.07) is 9.60. The van der Waals surface area contributed by atoms with Gasteiger partial charge in [0.1, 0.15) is 5.82 Å². The van der Waals surface area contributed by atoms with Crippen molar-refractivity contribution in [2.45, 2.75) is 24.8 Å². The second-order valence-corrected chi connectivity index (χ2v) is 7.17. The minimum Gasteiger partial charge on any atom is -0.449 e. The zero-order valence-electron chi connectivity index (χ0n) is 13.7. The second-order valence-electron chi connectivity index (χ2n) is 5.03. The van der Waals surface area contributed by atoms with Gasteiger partial charge in [-0.25, -0.2) is 9.78 Å². The molecule has 0 radical (unpaired) electrons. The maximum Gasteiger partial charge on any atom is 0.340 e. The van der Waals surface area contributed by atoms with Crippen molar-refractivity contribution in [3.8, 4) is 0 Å². The van der Waals surface area contributed by atoms with E-state index in [4.69, 9.17) is 16.3 Å². The van der Waals surface area contributed by atoms with Crippen LogP contribution in [0.1, 0.15) is 24.2 Å². The second kappa shape index (κ2) is 8.73. The Balaban J connectivity index is 2.06.